The number of benzene rings is 1. The predicted molar refractivity (Wildman–Crippen MR) is 111 cm³/mol. The van der Waals surface area contributed by atoms with Crippen molar-refractivity contribution in [3.05, 3.63) is 34.2 Å². The highest BCUT2D eigenvalue weighted by molar-refractivity contribution is 5.84. The van der Waals surface area contributed by atoms with Gasteiger partial charge in [-0.25, -0.2) is 4.79 Å². The number of hydrogen-bond donors (Lipinski definition) is 0. The van der Waals surface area contributed by atoms with Gasteiger partial charge in [-0.2, -0.15) is 0 Å². The van der Waals surface area contributed by atoms with Crippen LogP contribution in [-0.4, -0.2) is 66.1 Å². The van der Waals surface area contributed by atoms with Gasteiger partial charge in [0.15, 0.2) is 11.5 Å². The summed E-state index contributed by atoms with van der Waals surface area (Å²) >= 11 is 0. The van der Waals surface area contributed by atoms with Crippen LogP contribution in [-0.2, 0) is 25.4 Å². The van der Waals surface area contributed by atoms with Crippen LogP contribution in [0.25, 0.3) is 11.0 Å². The Balaban J connectivity index is 1.77. The zero-order valence-electron chi connectivity index (χ0n) is 17.5. The third-order valence-corrected chi connectivity index (χ3v) is 4.50. The molecule has 0 saturated heterocycles. The molecule has 0 fully saturated rings. The van der Waals surface area contributed by atoms with Gasteiger partial charge in [0.1, 0.15) is 18.8 Å². The molecule has 0 aliphatic carbocycles. The minimum absolute atomic E-state index is 0.334. The Bertz CT molecular complexity index is 832. The van der Waals surface area contributed by atoms with Gasteiger partial charge in [0.25, 0.3) is 0 Å². The molecule has 2 aromatic rings. The minimum atomic E-state index is -0.369. The van der Waals surface area contributed by atoms with E-state index in [0.717, 1.165) is 23.8 Å². The summed E-state index contributed by atoms with van der Waals surface area (Å²) in [5, 5.41) is 0.851. The van der Waals surface area contributed by atoms with Crippen LogP contribution in [0.15, 0.2) is 27.4 Å². The lowest BCUT2D eigenvalue weighted by Gasteiger charge is -2.15. The van der Waals surface area contributed by atoms with Crippen LogP contribution in [0.5, 0.6) is 11.5 Å². The van der Waals surface area contributed by atoms with Crippen LogP contribution >= 0.6 is 0 Å². The summed E-state index contributed by atoms with van der Waals surface area (Å²) < 4.78 is 39.2. The van der Waals surface area contributed by atoms with E-state index in [4.69, 9.17) is 32.8 Å². The van der Waals surface area contributed by atoms with Gasteiger partial charge >= 0.3 is 5.63 Å². The van der Waals surface area contributed by atoms with Gasteiger partial charge in [0, 0.05) is 17.5 Å². The van der Waals surface area contributed by atoms with Crippen molar-refractivity contribution in [2.24, 2.45) is 0 Å². The molecule has 0 radical (unpaired) electrons. The van der Waals surface area contributed by atoms with E-state index < -0.39 is 0 Å². The fourth-order valence-corrected chi connectivity index (χ4v) is 3.12. The standard InChI is InChI=1S/C22H30O8/c1-2-3-17-14-22(23)30-19-16-21-20(15-18(17)19)28-12-10-26-8-6-24-4-5-25-7-9-27-11-13-29-21/h14-16H,2-13H2,1H3. The van der Waals surface area contributed by atoms with Crippen molar-refractivity contribution in [3.8, 4) is 11.5 Å². The van der Waals surface area contributed by atoms with E-state index in [-0.39, 0.29) is 5.63 Å². The Morgan fingerprint density at radius 1 is 0.700 bits per heavy atom. The quantitative estimate of drug-likeness (QED) is 0.683. The molecule has 0 N–H and O–H groups in total. The van der Waals surface area contributed by atoms with E-state index in [9.17, 15) is 4.79 Å². The second kappa shape index (κ2) is 12.5. The third kappa shape index (κ3) is 6.98. The lowest BCUT2D eigenvalue weighted by Crippen LogP contribution is -2.16. The molecular formula is C22H30O8. The molecule has 166 valence electrons. The van der Waals surface area contributed by atoms with Crippen LogP contribution in [0.1, 0.15) is 18.9 Å². The summed E-state index contributed by atoms with van der Waals surface area (Å²) in [4.78, 5) is 11.9. The van der Waals surface area contributed by atoms with Crippen molar-refractivity contribution < 1.29 is 32.8 Å². The third-order valence-electron chi connectivity index (χ3n) is 4.50. The van der Waals surface area contributed by atoms with Crippen molar-refractivity contribution in [3.63, 3.8) is 0 Å². The molecule has 1 aromatic heterocycles. The second-order valence-corrected chi connectivity index (χ2v) is 6.78. The number of ether oxygens (including phenoxy) is 6. The zero-order valence-corrected chi connectivity index (χ0v) is 17.5. The molecule has 1 aromatic carbocycles. The Labute approximate surface area is 175 Å². The van der Waals surface area contributed by atoms with Crippen molar-refractivity contribution in [1.82, 2.24) is 0 Å². The summed E-state index contributed by atoms with van der Waals surface area (Å²) in [6.07, 6.45) is 1.70. The Morgan fingerprint density at radius 2 is 1.20 bits per heavy atom. The molecule has 8 nitrogen and oxygen atoms in total. The van der Waals surface area contributed by atoms with Gasteiger partial charge in [-0.05, 0) is 18.1 Å². The van der Waals surface area contributed by atoms with Crippen LogP contribution in [0, 0.1) is 0 Å². The van der Waals surface area contributed by atoms with Crippen molar-refractivity contribution in [2.45, 2.75) is 19.8 Å². The highest BCUT2D eigenvalue weighted by Gasteiger charge is 2.13. The highest BCUT2D eigenvalue weighted by Crippen LogP contribution is 2.34. The van der Waals surface area contributed by atoms with Gasteiger partial charge in [0.05, 0.1) is 52.9 Å². The molecule has 3 rings (SSSR count). The number of rotatable bonds is 2. The maximum Gasteiger partial charge on any atom is 0.336 e. The monoisotopic (exact) mass is 422 g/mol. The maximum atomic E-state index is 11.9. The molecular weight excluding hydrogens is 392 g/mol. The SMILES string of the molecule is CCCc1cc(=O)oc2cc3c(cc12)OCCOCCOCCOCCOCCO3. The normalized spacial score (nSPS) is 17.9. The van der Waals surface area contributed by atoms with Gasteiger partial charge in [-0.1, -0.05) is 13.3 Å². The van der Waals surface area contributed by atoms with Crippen molar-refractivity contribution in [1.29, 1.82) is 0 Å². The molecule has 1 aliphatic heterocycles. The number of hydrogen-bond acceptors (Lipinski definition) is 8. The van der Waals surface area contributed by atoms with Gasteiger partial charge in [0.2, 0.25) is 0 Å². The van der Waals surface area contributed by atoms with E-state index >= 15 is 0 Å². The Morgan fingerprint density at radius 3 is 1.73 bits per heavy atom. The summed E-state index contributed by atoms with van der Waals surface area (Å²) in [6, 6.07) is 5.12. The first-order valence-electron chi connectivity index (χ1n) is 10.5. The fourth-order valence-electron chi connectivity index (χ4n) is 3.12. The van der Waals surface area contributed by atoms with Gasteiger partial charge in [-0.3, -0.25) is 0 Å². The van der Waals surface area contributed by atoms with E-state index in [1.807, 2.05) is 6.07 Å². The van der Waals surface area contributed by atoms with E-state index in [2.05, 4.69) is 6.92 Å². The molecule has 30 heavy (non-hydrogen) atoms. The Kier molecular flexibility index (Phi) is 9.43. The molecule has 2 heterocycles. The summed E-state index contributed by atoms with van der Waals surface area (Å²) in [5.41, 5.74) is 1.05. The average Bonchev–Trinajstić information content (AvgIpc) is 2.73. The smallest absolute Gasteiger partial charge is 0.336 e. The molecule has 0 amide bonds. The number of aryl methyl sites for hydroxylation is 1. The van der Waals surface area contributed by atoms with E-state index in [1.165, 1.54) is 0 Å². The van der Waals surface area contributed by atoms with Gasteiger partial charge < -0.3 is 32.8 Å². The molecule has 1 aliphatic rings. The van der Waals surface area contributed by atoms with Crippen LogP contribution in [0.4, 0.5) is 0 Å². The van der Waals surface area contributed by atoms with Crippen molar-refractivity contribution >= 4 is 11.0 Å². The maximum absolute atomic E-state index is 11.9. The van der Waals surface area contributed by atoms with Crippen LogP contribution in [0.3, 0.4) is 0 Å². The minimum Gasteiger partial charge on any atom is -0.487 e. The lowest BCUT2D eigenvalue weighted by atomic mass is 10.1. The van der Waals surface area contributed by atoms with Gasteiger partial charge in [-0.15, -0.1) is 0 Å². The summed E-state index contributed by atoms with van der Waals surface area (Å²) in [5.74, 6) is 1.08. The van der Waals surface area contributed by atoms with Crippen LogP contribution in [0.2, 0.25) is 0 Å². The highest BCUT2D eigenvalue weighted by atomic mass is 16.6. The van der Waals surface area contributed by atoms with E-state index in [0.29, 0.717) is 83.2 Å². The lowest BCUT2D eigenvalue weighted by molar-refractivity contribution is -0.00840. The topological polar surface area (TPSA) is 85.6 Å². The molecule has 0 saturated carbocycles. The molecule has 0 spiro atoms. The largest absolute Gasteiger partial charge is 0.487 e. The van der Waals surface area contributed by atoms with Crippen LogP contribution < -0.4 is 15.1 Å². The second-order valence-electron chi connectivity index (χ2n) is 6.78. The average molecular weight is 422 g/mol. The molecule has 0 unspecified atom stereocenters. The summed E-state index contributed by atoms with van der Waals surface area (Å²) in [7, 11) is 0. The molecule has 8 heteroatoms. The molecule has 0 atom stereocenters. The first-order chi connectivity index (χ1) is 14.8. The summed E-state index contributed by atoms with van der Waals surface area (Å²) in [6.45, 7) is 6.60. The molecule has 0 bridgehead atoms. The number of fused-ring (bicyclic) bond motifs is 2. The zero-order chi connectivity index (χ0) is 21.0. The fraction of sp³-hybridized carbons (Fsp3) is 0.591. The van der Waals surface area contributed by atoms with E-state index in [1.54, 1.807) is 12.1 Å². The Hall–Kier alpha value is -2.13. The first-order valence-corrected chi connectivity index (χ1v) is 10.5. The van der Waals surface area contributed by atoms with Crippen molar-refractivity contribution in [2.75, 3.05) is 66.1 Å². The predicted octanol–water partition coefficient (Wildman–Crippen LogP) is 2.58. The first kappa shape index (κ1) is 22.6.